The number of hydrogen-bond donors (Lipinski definition) is 2. The molecule has 1 atom stereocenters. The number of nitrogens with one attached hydrogen (secondary N) is 2. The van der Waals surface area contributed by atoms with Gasteiger partial charge in [-0.05, 0) is 37.8 Å². The molecule has 0 heterocycles. The van der Waals surface area contributed by atoms with E-state index in [1.54, 1.807) is 18.2 Å². The van der Waals surface area contributed by atoms with Crippen LogP contribution in [0.1, 0.15) is 19.8 Å². The van der Waals surface area contributed by atoms with Gasteiger partial charge in [-0.25, -0.2) is 4.39 Å². The largest absolute Gasteiger partial charge is 0.322 e. The van der Waals surface area contributed by atoms with Gasteiger partial charge in [-0.15, -0.1) is 0 Å². The molecule has 1 aromatic rings. The highest BCUT2D eigenvalue weighted by atomic mass is 19.1. The summed E-state index contributed by atoms with van der Waals surface area (Å²) in [4.78, 5) is 11.6. The van der Waals surface area contributed by atoms with Crippen molar-refractivity contribution in [3.8, 4) is 0 Å². The lowest BCUT2D eigenvalue weighted by molar-refractivity contribution is -0.115. The molecule has 0 radical (unpaired) electrons. The molecular formula is C13H17FN2O. The van der Waals surface area contributed by atoms with Crippen molar-refractivity contribution < 1.29 is 9.18 Å². The number of hydrogen-bond acceptors (Lipinski definition) is 2. The topological polar surface area (TPSA) is 41.1 Å². The summed E-state index contributed by atoms with van der Waals surface area (Å²) in [5, 5.41) is 5.70. The Kier molecular flexibility index (Phi) is 3.74. The molecule has 1 aliphatic carbocycles. The Morgan fingerprint density at radius 1 is 1.47 bits per heavy atom. The number of anilines is 1. The molecule has 0 bridgehead atoms. The molecule has 2 rings (SSSR count). The number of amides is 1. The first-order valence-electron chi connectivity index (χ1n) is 5.94. The smallest absolute Gasteiger partial charge is 0.238 e. The van der Waals surface area contributed by atoms with E-state index in [0.717, 1.165) is 0 Å². The van der Waals surface area contributed by atoms with E-state index < -0.39 is 5.82 Å². The van der Waals surface area contributed by atoms with Crippen LogP contribution in [0.3, 0.4) is 0 Å². The summed E-state index contributed by atoms with van der Waals surface area (Å²) >= 11 is 0. The van der Waals surface area contributed by atoms with Crippen LogP contribution in [0, 0.1) is 11.7 Å². The molecule has 2 N–H and O–H groups in total. The first-order chi connectivity index (χ1) is 8.16. The van der Waals surface area contributed by atoms with Crippen molar-refractivity contribution in [1.29, 1.82) is 0 Å². The van der Waals surface area contributed by atoms with Crippen LogP contribution in [-0.2, 0) is 4.79 Å². The summed E-state index contributed by atoms with van der Waals surface area (Å²) in [6, 6.07) is 6.53. The van der Waals surface area contributed by atoms with Crippen LogP contribution in [0.25, 0.3) is 0 Å². The highest BCUT2D eigenvalue weighted by Crippen LogP contribution is 2.32. The van der Waals surface area contributed by atoms with E-state index in [0.29, 0.717) is 12.0 Å². The summed E-state index contributed by atoms with van der Waals surface area (Å²) < 4.78 is 13.3. The molecule has 0 spiro atoms. The molecule has 1 aromatic carbocycles. The average molecular weight is 236 g/mol. The Bertz CT molecular complexity index is 404. The normalized spacial score (nSPS) is 16.6. The SMILES string of the molecule is CC(NCC(=O)Nc1ccccc1F)C1CC1. The summed E-state index contributed by atoms with van der Waals surface area (Å²) in [5.41, 5.74) is 0.235. The minimum Gasteiger partial charge on any atom is -0.322 e. The van der Waals surface area contributed by atoms with E-state index in [-0.39, 0.29) is 18.1 Å². The summed E-state index contributed by atoms with van der Waals surface area (Å²) in [5.74, 6) is 0.0925. The second-order valence-corrected chi connectivity index (χ2v) is 4.54. The fourth-order valence-corrected chi connectivity index (χ4v) is 1.77. The van der Waals surface area contributed by atoms with Crippen LogP contribution in [0.5, 0.6) is 0 Å². The second kappa shape index (κ2) is 5.27. The van der Waals surface area contributed by atoms with Crippen molar-refractivity contribution in [3.63, 3.8) is 0 Å². The molecule has 0 aliphatic heterocycles. The van der Waals surface area contributed by atoms with Crippen LogP contribution in [0.15, 0.2) is 24.3 Å². The van der Waals surface area contributed by atoms with E-state index >= 15 is 0 Å². The lowest BCUT2D eigenvalue weighted by Gasteiger charge is -2.12. The Hall–Kier alpha value is -1.42. The third-order valence-corrected chi connectivity index (χ3v) is 3.06. The summed E-state index contributed by atoms with van der Waals surface area (Å²) in [7, 11) is 0. The number of carbonyl (C=O) groups excluding carboxylic acids is 1. The Morgan fingerprint density at radius 2 is 2.18 bits per heavy atom. The minimum atomic E-state index is -0.406. The van der Waals surface area contributed by atoms with Gasteiger partial charge in [0.1, 0.15) is 5.82 Å². The molecule has 0 saturated heterocycles. The minimum absolute atomic E-state index is 0.206. The zero-order valence-electron chi connectivity index (χ0n) is 9.87. The van der Waals surface area contributed by atoms with Crippen LogP contribution >= 0.6 is 0 Å². The van der Waals surface area contributed by atoms with E-state index in [2.05, 4.69) is 17.6 Å². The van der Waals surface area contributed by atoms with Gasteiger partial charge in [-0.2, -0.15) is 0 Å². The second-order valence-electron chi connectivity index (χ2n) is 4.54. The average Bonchev–Trinajstić information content (AvgIpc) is 3.13. The number of carbonyl (C=O) groups is 1. The maximum absolute atomic E-state index is 13.3. The van der Waals surface area contributed by atoms with Gasteiger partial charge < -0.3 is 10.6 Å². The lowest BCUT2D eigenvalue weighted by Crippen LogP contribution is -2.35. The van der Waals surface area contributed by atoms with Gasteiger partial charge in [-0.1, -0.05) is 12.1 Å². The highest BCUT2D eigenvalue weighted by molar-refractivity contribution is 5.92. The maximum Gasteiger partial charge on any atom is 0.238 e. The molecule has 92 valence electrons. The molecule has 1 amide bonds. The first kappa shape index (κ1) is 12.0. The Balaban J connectivity index is 1.78. The number of benzene rings is 1. The Labute approximate surface area is 100 Å². The standard InChI is InChI=1S/C13H17FN2O/c1-9(10-6-7-10)15-8-13(17)16-12-5-3-2-4-11(12)14/h2-5,9-10,15H,6-8H2,1H3,(H,16,17). The first-order valence-corrected chi connectivity index (χ1v) is 5.94. The van der Waals surface area contributed by atoms with Gasteiger partial charge >= 0.3 is 0 Å². The molecule has 17 heavy (non-hydrogen) atoms. The summed E-state index contributed by atoms with van der Waals surface area (Å²) in [6.07, 6.45) is 2.48. The third-order valence-electron chi connectivity index (χ3n) is 3.06. The number of rotatable bonds is 5. The lowest BCUT2D eigenvalue weighted by atomic mass is 10.2. The molecular weight excluding hydrogens is 219 g/mol. The molecule has 0 aromatic heterocycles. The predicted molar refractivity (Wildman–Crippen MR) is 65.2 cm³/mol. The van der Waals surface area contributed by atoms with Gasteiger partial charge in [0, 0.05) is 6.04 Å². The van der Waals surface area contributed by atoms with Crippen molar-refractivity contribution in [1.82, 2.24) is 5.32 Å². The fraction of sp³-hybridized carbons (Fsp3) is 0.462. The van der Waals surface area contributed by atoms with Gasteiger partial charge in [0.2, 0.25) is 5.91 Å². The van der Waals surface area contributed by atoms with Crippen molar-refractivity contribution >= 4 is 11.6 Å². The quantitative estimate of drug-likeness (QED) is 0.822. The number of para-hydroxylation sites is 1. The third kappa shape index (κ3) is 3.53. The van der Waals surface area contributed by atoms with Crippen molar-refractivity contribution in [2.75, 3.05) is 11.9 Å². The van der Waals surface area contributed by atoms with E-state index in [9.17, 15) is 9.18 Å². The van der Waals surface area contributed by atoms with Crippen molar-refractivity contribution in [2.24, 2.45) is 5.92 Å². The summed E-state index contributed by atoms with van der Waals surface area (Å²) in [6.45, 7) is 2.31. The van der Waals surface area contributed by atoms with Crippen LogP contribution in [0.4, 0.5) is 10.1 Å². The molecule has 3 nitrogen and oxygen atoms in total. The zero-order valence-corrected chi connectivity index (χ0v) is 9.87. The van der Waals surface area contributed by atoms with E-state index in [1.165, 1.54) is 18.9 Å². The molecule has 1 fully saturated rings. The van der Waals surface area contributed by atoms with Gasteiger partial charge in [0.05, 0.1) is 12.2 Å². The van der Waals surface area contributed by atoms with E-state index in [4.69, 9.17) is 0 Å². The van der Waals surface area contributed by atoms with Gasteiger partial charge in [0.15, 0.2) is 0 Å². The fourth-order valence-electron chi connectivity index (χ4n) is 1.77. The van der Waals surface area contributed by atoms with Crippen LogP contribution < -0.4 is 10.6 Å². The maximum atomic E-state index is 13.3. The molecule has 1 aliphatic rings. The van der Waals surface area contributed by atoms with Crippen LogP contribution in [-0.4, -0.2) is 18.5 Å². The van der Waals surface area contributed by atoms with Crippen molar-refractivity contribution in [2.45, 2.75) is 25.8 Å². The number of halogens is 1. The zero-order chi connectivity index (χ0) is 12.3. The van der Waals surface area contributed by atoms with E-state index in [1.807, 2.05) is 0 Å². The Morgan fingerprint density at radius 3 is 2.82 bits per heavy atom. The van der Waals surface area contributed by atoms with Crippen molar-refractivity contribution in [3.05, 3.63) is 30.1 Å². The molecule has 1 unspecified atom stereocenters. The monoisotopic (exact) mass is 236 g/mol. The van der Waals surface area contributed by atoms with Gasteiger partial charge in [0.25, 0.3) is 0 Å². The highest BCUT2D eigenvalue weighted by Gasteiger charge is 2.27. The molecule has 4 heteroatoms. The van der Waals surface area contributed by atoms with Gasteiger partial charge in [-0.3, -0.25) is 4.79 Å². The van der Waals surface area contributed by atoms with Crippen LogP contribution in [0.2, 0.25) is 0 Å². The molecule has 1 saturated carbocycles. The predicted octanol–water partition coefficient (Wildman–Crippen LogP) is 2.15.